The Kier molecular flexibility index (Phi) is 5.62. The van der Waals surface area contributed by atoms with E-state index in [1.165, 1.54) is 6.08 Å². The van der Waals surface area contributed by atoms with Gasteiger partial charge in [0.1, 0.15) is 11.6 Å². The molecule has 0 heterocycles. The first-order valence-corrected chi connectivity index (χ1v) is 4.49. The van der Waals surface area contributed by atoms with Gasteiger partial charge in [-0.15, -0.1) is 0 Å². The normalized spacial score (nSPS) is 11.4. The highest BCUT2D eigenvalue weighted by atomic mass is 16.4. The number of hydrogen-bond acceptors (Lipinski definition) is 2. The molecule has 72 valence electrons. The maximum absolute atomic E-state index is 10.4. The van der Waals surface area contributed by atoms with E-state index in [2.05, 4.69) is 13.8 Å². The summed E-state index contributed by atoms with van der Waals surface area (Å²) in [6.45, 7) is 4.13. The minimum Gasteiger partial charge on any atom is -0.477 e. The molecule has 3 nitrogen and oxygen atoms in total. The topological polar surface area (TPSA) is 61.1 Å². The molecule has 0 aromatic carbocycles. The van der Waals surface area contributed by atoms with Gasteiger partial charge in [0.05, 0.1) is 0 Å². The standard InChI is InChI=1S/C10H15NO2/c1-3-8(4-2)5-6-9(7-11)10(12)13/h6,8H,3-5H2,1-2H3,(H,12,13). The second-order valence-corrected chi connectivity index (χ2v) is 2.95. The average Bonchev–Trinajstić information content (AvgIpc) is 2.12. The summed E-state index contributed by atoms with van der Waals surface area (Å²) >= 11 is 0. The van der Waals surface area contributed by atoms with Crippen LogP contribution in [0.3, 0.4) is 0 Å². The van der Waals surface area contributed by atoms with Gasteiger partial charge in [-0.1, -0.05) is 32.8 Å². The Morgan fingerprint density at radius 2 is 2.08 bits per heavy atom. The lowest BCUT2D eigenvalue weighted by molar-refractivity contribution is -0.132. The van der Waals surface area contributed by atoms with Crippen molar-refractivity contribution < 1.29 is 9.90 Å². The first-order chi connectivity index (χ1) is 6.15. The first-order valence-electron chi connectivity index (χ1n) is 4.49. The summed E-state index contributed by atoms with van der Waals surface area (Å²) in [6.07, 6.45) is 4.23. The Morgan fingerprint density at radius 1 is 1.54 bits per heavy atom. The quantitative estimate of drug-likeness (QED) is 0.523. The molecule has 0 bridgehead atoms. The largest absolute Gasteiger partial charge is 0.477 e. The molecule has 0 fully saturated rings. The van der Waals surface area contributed by atoms with Crippen molar-refractivity contribution in [3.05, 3.63) is 11.6 Å². The molecule has 0 saturated heterocycles. The molecule has 0 aliphatic rings. The van der Waals surface area contributed by atoms with Crippen molar-refractivity contribution in [3.8, 4) is 6.07 Å². The zero-order chi connectivity index (χ0) is 10.3. The zero-order valence-electron chi connectivity index (χ0n) is 8.08. The molecule has 0 aliphatic carbocycles. The molecule has 0 saturated carbocycles. The van der Waals surface area contributed by atoms with E-state index in [1.54, 1.807) is 6.07 Å². The molecular weight excluding hydrogens is 166 g/mol. The van der Waals surface area contributed by atoms with Crippen molar-refractivity contribution in [1.82, 2.24) is 0 Å². The number of nitriles is 1. The van der Waals surface area contributed by atoms with Crippen LogP contribution in [-0.2, 0) is 4.79 Å². The van der Waals surface area contributed by atoms with Crippen LogP contribution in [0.5, 0.6) is 0 Å². The number of nitrogens with zero attached hydrogens (tertiary/aromatic N) is 1. The molecule has 0 spiro atoms. The van der Waals surface area contributed by atoms with E-state index in [-0.39, 0.29) is 5.57 Å². The Hall–Kier alpha value is -1.30. The van der Waals surface area contributed by atoms with Crippen molar-refractivity contribution in [2.45, 2.75) is 33.1 Å². The zero-order valence-corrected chi connectivity index (χ0v) is 8.08. The van der Waals surface area contributed by atoms with Crippen LogP contribution in [0.4, 0.5) is 0 Å². The van der Waals surface area contributed by atoms with E-state index in [0.717, 1.165) is 12.8 Å². The molecule has 0 aromatic rings. The molecule has 0 unspecified atom stereocenters. The Bertz CT molecular complexity index is 234. The maximum Gasteiger partial charge on any atom is 0.346 e. The molecule has 0 radical (unpaired) electrons. The second kappa shape index (κ2) is 6.24. The Labute approximate surface area is 78.7 Å². The summed E-state index contributed by atoms with van der Waals surface area (Å²) < 4.78 is 0. The molecular formula is C10H15NO2. The van der Waals surface area contributed by atoms with E-state index in [1.807, 2.05) is 0 Å². The van der Waals surface area contributed by atoms with E-state index in [9.17, 15) is 4.79 Å². The van der Waals surface area contributed by atoms with Gasteiger partial charge in [0.15, 0.2) is 0 Å². The van der Waals surface area contributed by atoms with Crippen LogP contribution >= 0.6 is 0 Å². The molecule has 0 rings (SSSR count). The Morgan fingerprint density at radius 3 is 2.38 bits per heavy atom. The highest BCUT2D eigenvalue weighted by molar-refractivity contribution is 5.90. The minimum atomic E-state index is -1.13. The average molecular weight is 181 g/mol. The third kappa shape index (κ3) is 4.32. The molecule has 0 amide bonds. The van der Waals surface area contributed by atoms with Crippen LogP contribution in [0, 0.1) is 17.2 Å². The number of carbonyl (C=O) groups is 1. The summed E-state index contributed by atoms with van der Waals surface area (Å²) in [6, 6.07) is 1.67. The first kappa shape index (κ1) is 11.7. The highest BCUT2D eigenvalue weighted by Crippen LogP contribution is 2.14. The second-order valence-electron chi connectivity index (χ2n) is 2.95. The van der Waals surface area contributed by atoms with Crippen LogP contribution in [0.2, 0.25) is 0 Å². The van der Waals surface area contributed by atoms with Crippen molar-refractivity contribution in [2.24, 2.45) is 5.92 Å². The highest BCUT2D eigenvalue weighted by Gasteiger charge is 2.07. The van der Waals surface area contributed by atoms with E-state index in [0.29, 0.717) is 12.3 Å². The Balaban J connectivity index is 4.23. The van der Waals surface area contributed by atoms with Crippen LogP contribution < -0.4 is 0 Å². The maximum atomic E-state index is 10.4. The van der Waals surface area contributed by atoms with Gasteiger partial charge >= 0.3 is 5.97 Å². The van der Waals surface area contributed by atoms with Crippen molar-refractivity contribution in [3.63, 3.8) is 0 Å². The van der Waals surface area contributed by atoms with Crippen LogP contribution in [0.25, 0.3) is 0 Å². The summed E-state index contributed by atoms with van der Waals surface area (Å²) in [4.78, 5) is 10.4. The number of rotatable bonds is 5. The monoisotopic (exact) mass is 181 g/mol. The molecule has 0 aromatic heterocycles. The number of carboxylic acid groups (broad SMARTS) is 1. The van der Waals surface area contributed by atoms with Crippen molar-refractivity contribution in [1.29, 1.82) is 5.26 Å². The fraction of sp³-hybridized carbons (Fsp3) is 0.600. The minimum absolute atomic E-state index is 0.146. The van der Waals surface area contributed by atoms with Crippen molar-refractivity contribution >= 4 is 5.97 Å². The number of hydrogen-bond donors (Lipinski definition) is 1. The fourth-order valence-electron chi connectivity index (χ4n) is 1.09. The van der Waals surface area contributed by atoms with Gasteiger partial charge in [-0.2, -0.15) is 5.26 Å². The van der Waals surface area contributed by atoms with Gasteiger partial charge in [-0.05, 0) is 12.3 Å². The lowest BCUT2D eigenvalue weighted by Gasteiger charge is -2.07. The molecule has 1 N–H and O–H groups in total. The SMILES string of the molecule is CCC(CC)CC=C(C#N)C(=O)O. The van der Waals surface area contributed by atoms with Gasteiger partial charge in [0, 0.05) is 0 Å². The van der Waals surface area contributed by atoms with Crippen LogP contribution in [0.1, 0.15) is 33.1 Å². The third-order valence-corrected chi connectivity index (χ3v) is 2.16. The lowest BCUT2D eigenvalue weighted by Crippen LogP contribution is -2.00. The molecule has 3 heteroatoms. The lowest BCUT2D eigenvalue weighted by atomic mass is 9.98. The van der Waals surface area contributed by atoms with Gasteiger partial charge in [-0.25, -0.2) is 4.79 Å². The predicted octanol–water partition coefficient (Wildman–Crippen LogP) is 2.35. The van der Waals surface area contributed by atoms with Gasteiger partial charge in [0.2, 0.25) is 0 Å². The fourth-order valence-corrected chi connectivity index (χ4v) is 1.09. The smallest absolute Gasteiger partial charge is 0.346 e. The molecule has 13 heavy (non-hydrogen) atoms. The summed E-state index contributed by atoms with van der Waals surface area (Å²) in [5, 5.41) is 17.0. The van der Waals surface area contributed by atoms with Gasteiger partial charge in [0.25, 0.3) is 0 Å². The summed E-state index contributed by atoms with van der Waals surface area (Å²) in [5.74, 6) is -0.642. The van der Waals surface area contributed by atoms with E-state index < -0.39 is 5.97 Å². The summed E-state index contributed by atoms with van der Waals surface area (Å²) in [5.41, 5.74) is -0.146. The van der Waals surface area contributed by atoms with E-state index in [4.69, 9.17) is 10.4 Å². The number of carboxylic acids is 1. The predicted molar refractivity (Wildman–Crippen MR) is 50.0 cm³/mol. The molecule has 0 aliphatic heterocycles. The van der Waals surface area contributed by atoms with Crippen LogP contribution in [0.15, 0.2) is 11.6 Å². The third-order valence-electron chi connectivity index (χ3n) is 2.16. The van der Waals surface area contributed by atoms with Crippen LogP contribution in [-0.4, -0.2) is 11.1 Å². The summed E-state index contributed by atoms with van der Waals surface area (Å²) in [7, 11) is 0. The van der Waals surface area contributed by atoms with Gasteiger partial charge < -0.3 is 5.11 Å². The van der Waals surface area contributed by atoms with E-state index >= 15 is 0 Å². The molecule has 0 atom stereocenters. The van der Waals surface area contributed by atoms with Crippen molar-refractivity contribution in [2.75, 3.05) is 0 Å². The number of aliphatic carboxylic acids is 1. The number of allylic oxidation sites excluding steroid dienone is 1. The van der Waals surface area contributed by atoms with Gasteiger partial charge in [-0.3, -0.25) is 0 Å².